The van der Waals surface area contributed by atoms with Crippen molar-refractivity contribution in [2.24, 2.45) is 29.6 Å². The van der Waals surface area contributed by atoms with Gasteiger partial charge in [-0.3, -0.25) is 0 Å². The molecule has 4 heteroatoms. The minimum absolute atomic E-state index is 0.0729. The minimum atomic E-state index is -3.11. The topological polar surface area (TPSA) is 46.2 Å². The smallest absolute Gasteiger partial charge is 0.212 e. The van der Waals surface area contributed by atoms with Crippen LogP contribution in [0.1, 0.15) is 71.1 Å². The molecule has 3 nitrogen and oxygen atoms in total. The van der Waals surface area contributed by atoms with Crippen molar-refractivity contribution in [1.29, 1.82) is 0 Å². The fourth-order valence-corrected chi connectivity index (χ4v) is 8.39. The van der Waals surface area contributed by atoms with Gasteiger partial charge >= 0.3 is 0 Å². The second-order valence-corrected chi connectivity index (χ2v) is 10.8. The van der Waals surface area contributed by atoms with Crippen molar-refractivity contribution in [3.63, 3.8) is 0 Å². The first-order valence-electron chi connectivity index (χ1n) is 9.46. The van der Waals surface area contributed by atoms with Gasteiger partial charge in [0.2, 0.25) is 10.0 Å². The number of hydrogen-bond donors (Lipinski definition) is 1. The summed E-state index contributed by atoms with van der Waals surface area (Å²) in [7, 11) is -3.11. The molecule has 0 aromatic carbocycles. The molecule has 5 saturated carbocycles. The molecule has 1 N–H and O–H groups in total. The molecule has 5 aliphatic carbocycles. The molecule has 0 aromatic heterocycles. The Morgan fingerprint density at radius 2 is 1.64 bits per heavy atom. The Morgan fingerprint density at radius 3 is 2.27 bits per heavy atom. The first-order valence-corrected chi connectivity index (χ1v) is 11.1. The quantitative estimate of drug-likeness (QED) is 0.856. The van der Waals surface area contributed by atoms with Gasteiger partial charge in [0.25, 0.3) is 0 Å². The maximum Gasteiger partial charge on any atom is 0.212 e. The SMILES string of the molecule is CC1C2CC3CC1CC(NS(=O)(=O)CC1CCCCC1)(C3)C2. The Labute approximate surface area is 135 Å². The molecule has 5 aliphatic rings. The largest absolute Gasteiger partial charge is 0.212 e. The van der Waals surface area contributed by atoms with Crippen molar-refractivity contribution in [1.82, 2.24) is 4.72 Å². The van der Waals surface area contributed by atoms with E-state index < -0.39 is 10.0 Å². The van der Waals surface area contributed by atoms with Crippen LogP contribution < -0.4 is 4.72 Å². The van der Waals surface area contributed by atoms with Gasteiger partial charge in [0.05, 0.1) is 5.75 Å². The van der Waals surface area contributed by atoms with Gasteiger partial charge in [0, 0.05) is 5.54 Å². The Balaban J connectivity index is 1.46. The van der Waals surface area contributed by atoms with Crippen molar-refractivity contribution in [2.45, 2.75) is 76.7 Å². The summed E-state index contributed by atoms with van der Waals surface area (Å²) in [5.41, 5.74) is -0.0729. The molecule has 22 heavy (non-hydrogen) atoms. The standard InChI is InChI=1S/C18H31NO2S/c1-13-16-7-15-8-17(13)11-18(9-15,10-16)19-22(20,21)12-14-5-3-2-4-6-14/h13-17,19H,2-12H2,1H3. The fourth-order valence-electron chi connectivity index (χ4n) is 6.44. The third-order valence-electron chi connectivity index (χ3n) is 7.30. The van der Waals surface area contributed by atoms with E-state index in [1.165, 1.54) is 32.1 Å². The van der Waals surface area contributed by atoms with Crippen molar-refractivity contribution in [3.05, 3.63) is 0 Å². The van der Waals surface area contributed by atoms with Crippen molar-refractivity contribution in [3.8, 4) is 0 Å². The van der Waals surface area contributed by atoms with E-state index in [1.54, 1.807) is 0 Å². The molecule has 0 amide bonds. The van der Waals surface area contributed by atoms with Gasteiger partial charge in [0.1, 0.15) is 0 Å². The highest BCUT2D eigenvalue weighted by Crippen LogP contribution is 2.58. The summed E-state index contributed by atoms with van der Waals surface area (Å²) in [6.07, 6.45) is 12.0. The molecule has 0 saturated heterocycles. The Bertz CT molecular complexity index is 507. The highest BCUT2D eigenvalue weighted by Gasteiger charge is 2.55. The molecule has 0 aliphatic heterocycles. The summed E-state index contributed by atoms with van der Waals surface area (Å²) in [5, 5.41) is 0. The fraction of sp³-hybridized carbons (Fsp3) is 1.00. The molecular formula is C18H31NO2S. The Kier molecular flexibility index (Phi) is 3.84. The van der Waals surface area contributed by atoms with Crippen LogP contribution in [0.4, 0.5) is 0 Å². The van der Waals surface area contributed by atoms with Gasteiger partial charge in [-0.25, -0.2) is 13.1 Å². The van der Waals surface area contributed by atoms with Crippen molar-refractivity contribution in [2.75, 3.05) is 5.75 Å². The van der Waals surface area contributed by atoms with Crippen molar-refractivity contribution < 1.29 is 8.42 Å². The van der Waals surface area contributed by atoms with Gasteiger partial charge in [-0.05, 0) is 74.5 Å². The second kappa shape index (κ2) is 5.47. The molecule has 2 unspecified atom stereocenters. The summed E-state index contributed by atoms with van der Waals surface area (Å²) >= 11 is 0. The van der Waals surface area contributed by atoms with Crippen LogP contribution in [-0.4, -0.2) is 19.7 Å². The van der Waals surface area contributed by atoms with Gasteiger partial charge in [-0.2, -0.15) is 0 Å². The highest BCUT2D eigenvalue weighted by molar-refractivity contribution is 7.89. The van der Waals surface area contributed by atoms with Crippen molar-refractivity contribution >= 4 is 10.0 Å². The Hall–Kier alpha value is -0.0900. The summed E-state index contributed by atoms with van der Waals surface area (Å²) in [4.78, 5) is 0. The lowest BCUT2D eigenvalue weighted by atomic mass is 9.50. The van der Waals surface area contributed by atoms with Crippen LogP contribution in [0.2, 0.25) is 0 Å². The van der Waals surface area contributed by atoms with Crippen LogP contribution in [-0.2, 0) is 10.0 Å². The van der Waals surface area contributed by atoms with Crippen LogP contribution >= 0.6 is 0 Å². The van der Waals surface area contributed by atoms with Gasteiger partial charge in [-0.15, -0.1) is 0 Å². The third-order valence-corrected chi connectivity index (χ3v) is 8.95. The van der Waals surface area contributed by atoms with E-state index in [1.807, 2.05) is 0 Å². The zero-order valence-electron chi connectivity index (χ0n) is 13.9. The lowest BCUT2D eigenvalue weighted by Crippen LogP contribution is -2.62. The molecule has 4 bridgehead atoms. The van der Waals surface area contributed by atoms with Crippen LogP contribution in [0.3, 0.4) is 0 Å². The zero-order valence-corrected chi connectivity index (χ0v) is 14.7. The van der Waals surface area contributed by atoms with Crippen LogP contribution in [0, 0.1) is 29.6 Å². The molecule has 126 valence electrons. The van der Waals surface area contributed by atoms with Crippen LogP contribution in [0.25, 0.3) is 0 Å². The number of hydrogen-bond acceptors (Lipinski definition) is 2. The average molecular weight is 326 g/mol. The summed E-state index contributed by atoms with van der Waals surface area (Å²) in [5.74, 6) is 3.91. The first kappa shape index (κ1) is 15.4. The molecule has 0 aromatic rings. The third kappa shape index (κ3) is 2.86. The van der Waals surface area contributed by atoms with Crippen LogP contribution in [0.15, 0.2) is 0 Å². The van der Waals surface area contributed by atoms with Gasteiger partial charge in [-0.1, -0.05) is 26.2 Å². The second-order valence-electron chi connectivity index (χ2n) is 9.00. The lowest BCUT2D eigenvalue weighted by molar-refractivity contribution is -0.0506. The maximum absolute atomic E-state index is 12.8. The molecular weight excluding hydrogens is 294 g/mol. The predicted molar refractivity (Wildman–Crippen MR) is 88.9 cm³/mol. The molecule has 0 spiro atoms. The Morgan fingerprint density at radius 1 is 1.00 bits per heavy atom. The van der Waals surface area contributed by atoms with Gasteiger partial charge < -0.3 is 0 Å². The van der Waals surface area contributed by atoms with E-state index in [4.69, 9.17) is 0 Å². The summed E-state index contributed by atoms with van der Waals surface area (Å²) < 4.78 is 28.7. The number of rotatable bonds is 4. The minimum Gasteiger partial charge on any atom is -0.212 e. The molecule has 5 rings (SSSR count). The number of sulfonamides is 1. The average Bonchev–Trinajstić information content (AvgIpc) is 2.43. The highest BCUT2D eigenvalue weighted by atomic mass is 32.2. The monoisotopic (exact) mass is 325 g/mol. The molecule has 0 radical (unpaired) electrons. The summed E-state index contributed by atoms with van der Waals surface area (Å²) in [6.45, 7) is 2.40. The normalized spacial score (nSPS) is 45.3. The first-order chi connectivity index (χ1) is 10.4. The molecule has 2 atom stereocenters. The van der Waals surface area contributed by atoms with E-state index in [-0.39, 0.29) is 5.54 Å². The molecule has 0 heterocycles. The summed E-state index contributed by atoms with van der Waals surface area (Å²) in [6, 6.07) is 0. The van der Waals surface area contributed by atoms with E-state index in [0.29, 0.717) is 11.7 Å². The molecule has 5 fully saturated rings. The van der Waals surface area contributed by atoms with E-state index >= 15 is 0 Å². The van der Waals surface area contributed by atoms with E-state index in [0.717, 1.165) is 55.8 Å². The van der Waals surface area contributed by atoms with E-state index in [2.05, 4.69) is 11.6 Å². The van der Waals surface area contributed by atoms with Crippen LogP contribution in [0.5, 0.6) is 0 Å². The number of nitrogens with one attached hydrogen (secondary N) is 1. The zero-order chi connectivity index (χ0) is 15.4. The predicted octanol–water partition coefficient (Wildman–Crippen LogP) is 3.70. The maximum atomic E-state index is 12.8. The lowest BCUT2D eigenvalue weighted by Gasteiger charge is -2.59. The van der Waals surface area contributed by atoms with Gasteiger partial charge in [0.15, 0.2) is 0 Å². The van der Waals surface area contributed by atoms with E-state index in [9.17, 15) is 8.42 Å².